The van der Waals surface area contributed by atoms with Crippen molar-refractivity contribution in [1.29, 1.82) is 0 Å². The van der Waals surface area contributed by atoms with Crippen LogP contribution >= 0.6 is 33.9 Å². The molecule has 2 rings (SSSR count). The Bertz CT molecular complexity index is 436. The van der Waals surface area contributed by atoms with Crippen LogP contribution in [0.3, 0.4) is 0 Å². The first-order chi connectivity index (χ1) is 5.66. The minimum absolute atomic E-state index is 0.810. The molecule has 0 saturated carbocycles. The van der Waals surface area contributed by atoms with Crippen LogP contribution in [-0.2, 0) is 0 Å². The topological polar surface area (TPSA) is 52.0 Å². The lowest BCUT2D eigenvalue weighted by molar-refractivity contribution is 1.73. The van der Waals surface area contributed by atoms with Crippen molar-refractivity contribution >= 4 is 54.7 Å². The normalized spacial score (nSPS) is 10.8. The standard InChI is InChI=1S/C8H7IN2S/c9-4-1-6(10)5-3-8(11)12-7(5)2-4/h1-3H,10-11H2. The lowest BCUT2D eigenvalue weighted by atomic mass is 10.2. The molecule has 2 aromatic rings. The van der Waals surface area contributed by atoms with Crippen LogP contribution in [0.2, 0.25) is 0 Å². The van der Waals surface area contributed by atoms with E-state index in [-0.39, 0.29) is 0 Å². The van der Waals surface area contributed by atoms with Crippen molar-refractivity contribution < 1.29 is 0 Å². The number of thiophene rings is 1. The second kappa shape index (κ2) is 2.77. The third-order valence-corrected chi connectivity index (χ3v) is 3.19. The van der Waals surface area contributed by atoms with Crippen molar-refractivity contribution in [2.45, 2.75) is 0 Å². The number of halogens is 1. The van der Waals surface area contributed by atoms with Crippen molar-refractivity contribution in [3.05, 3.63) is 21.8 Å². The maximum atomic E-state index is 5.82. The number of hydrogen-bond acceptors (Lipinski definition) is 3. The van der Waals surface area contributed by atoms with Gasteiger partial charge in [0, 0.05) is 19.3 Å². The summed E-state index contributed by atoms with van der Waals surface area (Å²) >= 11 is 3.82. The van der Waals surface area contributed by atoms with E-state index < -0.39 is 0 Å². The molecule has 0 aliphatic heterocycles. The summed E-state index contributed by atoms with van der Waals surface area (Å²) in [5, 5.41) is 1.89. The lowest BCUT2D eigenvalue weighted by Crippen LogP contribution is -1.85. The molecule has 1 aromatic heterocycles. The summed E-state index contributed by atoms with van der Waals surface area (Å²) in [6, 6.07) is 5.97. The van der Waals surface area contributed by atoms with Gasteiger partial charge in [-0.15, -0.1) is 11.3 Å². The number of rotatable bonds is 0. The van der Waals surface area contributed by atoms with Gasteiger partial charge in [-0.1, -0.05) is 0 Å². The van der Waals surface area contributed by atoms with Crippen LogP contribution in [0.15, 0.2) is 18.2 Å². The fourth-order valence-corrected chi connectivity index (χ4v) is 2.91. The average Bonchev–Trinajstić information content (AvgIpc) is 2.29. The zero-order valence-electron chi connectivity index (χ0n) is 6.17. The minimum Gasteiger partial charge on any atom is -0.398 e. The second-order valence-corrected chi connectivity index (χ2v) is 4.92. The third-order valence-electron chi connectivity index (χ3n) is 1.65. The van der Waals surface area contributed by atoms with Gasteiger partial charge in [-0.2, -0.15) is 0 Å². The van der Waals surface area contributed by atoms with Crippen LogP contribution in [0.4, 0.5) is 10.7 Å². The Morgan fingerprint density at radius 2 is 1.92 bits per heavy atom. The van der Waals surface area contributed by atoms with E-state index in [0.717, 1.165) is 24.3 Å². The zero-order valence-corrected chi connectivity index (χ0v) is 9.15. The summed E-state index contributed by atoms with van der Waals surface area (Å²) in [5.41, 5.74) is 12.3. The highest BCUT2D eigenvalue weighted by molar-refractivity contribution is 14.1. The Labute approximate surface area is 87.7 Å². The number of nitrogen functional groups attached to an aromatic ring is 2. The Balaban J connectivity index is 2.88. The van der Waals surface area contributed by atoms with Crippen molar-refractivity contribution in [1.82, 2.24) is 0 Å². The predicted octanol–water partition coefficient (Wildman–Crippen LogP) is 2.67. The van der Waals surface area contributed by atoms with Crippen molar-refractivity contribution in [3.8, 4) is 0 Å². The first-order valence-corrected chi connectivity index (χ1v) is 5.30. The van der Waals surface area contributed by atoms with Gasteiger partial charge >= 0.3 is 0 Å². The summed E-state index contributed by atoms with van der Waals surface area (Å²) in [7, 11) is 0. The summed E-state index contributed by atoms with van der Waals surface area (Å²) in [6.45, 7) is 0. The average molecular weight is 290 g/mol. The van der Waals surface area contributed by atoms with Crippen LogP contribution < -0.4 is 11.5 Å². The Morgan fingerprint density at radius 3 is 2.67 bits per heavy atom. The van der Waals surface area contributed by atoms with Crippen molar-refractivity contribution in [2.75, 3.05) is 11.5 Å². The van der Waals surface area contributed by atoms with Crippen LogP contribution in [0.5, 0.6) is 0 Å². The van der Waals surface area contributed by atoms with Crippen molar-refractivity contribution in [3.63, 3.8) is 0 Å². The molecule has 0 radical (unpaired) electrons. The predicted molar refractivity (Wildman–Crippen MR) is 63.4 cm³/mol. The number of fused-ring (bicyclic) bond motifs is 1. The minimum atomic E-state index is 0.810. The summed E-state index contributed by atoms with van der Waals surface area (Å²) < 4.78 is 2.32. The molecule has 0 fully saturated rings. The van der Waals surface area contributed by atoms with Crippen LogP contribution in [0, 0.1) is 3.57 Å². The number of nitrogens with two attached hydrogens (primary N) is 2. The molecule has 4 N–H and O–H groups in total. The van der Waals surface area contributed by atoms with E-state index >= 15 is 0 Å². The molecule has 12 heavy (non-hydrogen) atoms. The van der Waals surface area contributed by atoms with Gasteiger partial charge in [0.15, 0.2) is 0 Å². The van der Waals surface area contributed by atoms with Gasteiger partial charge in [-0.25, -0.2) is 0 Å². The van der Waals surface area contributed by atoms with E-state index in [0.29, 0.717) is 0 Å². The van der Waals surface area contributed by atoms with Gasteiger partial charge in [0.25, 0.3) is 0 Å². The molecule has 0 amide bonds. The zero-order chi connectivity index (χ0) is 8.72. The summed E-state index contributed by atoms with van der Waals surface area (Å²) in [5.74, 6) is 0. The van der Waals surface area contributed by atoms with Gasteiger partial charge in [0.2, 0.25) is 0 Å². The van der Waals surface area contributed by atoms with Crippen LogP contribution in [0.25, 0.3) is 10.1 Å². The van der Waals surface area contributed by atoms with Crippen LogP contribution in [0.1, 0.15) is 0 Å². The molecular weight excluding hydrogens is 283 g/mol. The summed E-state index contributed by atoms with van der Waals surface area (Å²) in [6.07, 6.45) is 0. The molecule has 1 aromatic carbocycles. The van der Waals surface area contributed by atoms with Gasteiger partial charge in [0.05, 0.1) is 5.00 Å². The van der Waals surface area contributed by atoms with Gasteiger partial charge in [-0.3, -0.25) is 0 Å². The Morgan fingerprint density at radius 1 is 1.17 bits per heavy atom. The van der Waals surface area contributed by atoms with E-state index in [1.165, 1.54) is 0 Å². The Hall–Kier alpha value is -0.490. The molecule has 0 atom stereocenters. The quantitative estimate of drug-likeness (QED) is 0.579. The molecule has 0 saturated heterocycles. The number of anilines is 2. The van der Waals surface area contributed by atoms with E-state index in [4.69, 9.17) is 11.5 Å². The molecule has 0 unspecified atom stereocenters. The van der Waals surface area contributed by atoms with Crippen LogP contribution in [-0.4, -0.2) is 0 Å². The molecule has 62 valence electrons. The smallest absolute Gasteiger partial charge is 0.0869 e. The van der Waals surface area contributed by atoms with E-state index in [2.05, 4.69) is 28.7 Å². The SMILES string of the molecule is Nc1cc2c(N)cc(I)cc2s1. The first kappa shape index (κ1) is 8.12. The Kier molecular flexibility index (Phi) is 1.88. The number of benzene rings is 1. The molecular formula is C8H7IN2S. The highest BCUT2D eigenvalue weighted by Gasteiger charge is 2.03. The number of hydrogen-bond donors (Lipinski definition) is 2. The highest BCUT2D eigenvalue weighted by atomic mass is 127. The highest BCUT2D eigenvalue weighted by Crippen LogP contribution is 2.32. The monoisotopic (exact) mass is 290 g/mol. The fourth-order valence-electron chi connectivity index (χ4n) is 1.15. The maximum Gasteiger partial charge on any atom is 0.0869 e. The maximum absolute atomic E-state index is 5.82. The molecule has 0 aliphatic carbocycles. The first-order valence-electron chi connectivity index (χ1n) is 3.41. The van der Waals surface area contributed by atoms with Gasteiger partial charge < -0.3 is 11.5 Å². The third kappa shape index (κ3) is 1.25. The second-order valence-electron chi connectivity index (χ2n) is 2.56. The molecule has 0 aliphatic rings. The van der Waals surface area contributed by atoms with Crippen molar-refractivity contribution in [2.24, 2.45) is 0 Å². The molecule has 1 heterocycles. The van der Waals surface area contributed by atoms with E-state index in [1.807, 2.05) is 12.1 Å². The molecule has 0 spiro atoms. The summed E-state index contributed by atoms with van der Waals surface area (Å²) in [4.78, 5) is 0. The lowest BCUT2D eigenvalue weighted by Gasteiger charge is -1.96. The molecule has 0 bridgehead atoms. The van der Waals surface area contributed by atoms with E-state index in [1.54, 1.807) is 11.3 Å². The fraction of sp³-hybridized carbons (Fsp3) is 0. The largest absolute Gasteiger partial charge is 0.398 e. The molecule has 2 nitrogen and oxygen atoms in total. The van der Waals surface area contributed by atoms with Gasteiger partial charge in [0.1, 0.15) is 0 Å². The molecule has 4 heteroatoms. The van der Waals surface area contributed by atoms with Gasteiger partial charge in [-0.05, 0) is 40.8 Å². The van der Waals surface area contributed by atoms with E-state index in [9.17, 15) is 0 Å².